The molecule has 6 heteroatoms. The van der Waals surface area contributed by atoms with Crippen molar-refractivity contribution in [1.82, 2.24) is 4.98 Å². The molecule has 3 aromatic carbocycles. The topological polar surface area (TPSA) is 76.5 Å². The van der Waals surface area contributed by atoms with Gasteiger partial charge in [0.2, 0.25) is 0 Å². The van der Waals surface area contributed by atoms with Crippen molar-refractivity contribution in [3.8, 4) is 22.6 Å². The fourth-order valence-electron chi connectivity index (χ4n) is 7.12. The molecule has 0 spiro atoms. The number of hydrogen-bond donors (Lipinski definition) is 1. The van der Waals surface area contributed by atoms with Crippen LogP contribution in [-0.4, -0.2) is 15.9 Å². The second kappa shape index (κ2) is 17.4. The van der Waals surface area contributed by atoms with Gasteiger partial charge in [-0.2, -0.15) is 0 Å². The van der Waals surface area contributed by atoms with Crippen LogP contribution in [0.15, 0.2) is 87.5 Å². The maximum atomic E-state index is 12.2. The Morgan fingerprint density at radius 1 is 0.836 bits per heavy atom. The predicted molar refractivity (Wildman–Crippen MR) is 226 cm³/mol. The Morgan fingerprint density at radius 2 is 1.47 bits per heavy atom. The van der Waals surface area contributed by atoms with E-state index in [1.54, 1.807) is 0 Å². The molecule has 6 rings (SSSR count). The van der Waals surface area contributed by atoms with Crippen molar-refractivity contribution < 1.29 is 38.8 Å². The number of carbonyl (C=O) groups excluding carboxylic acids is 1. The molecular formula is C49H60IrNO4-. The molecule has 1 N–H and O–H groups in total. The average Bonchev–Trinajstić information content (AvgIpc) is 3.73. The van der Waals surface area contributed by atoms with Crippen molar-refractivity contribution in [2.45, 2.75) is 121 Å². The summed E-state index contributed by atoms with van der Waals surface area (Å²) in [6.45, 7) is 25.4. The van der Waals surface area contributed by atoms with Gasteiger partial charge in [-0.15, -0.1) is 29.1 Å². The number of ketones is 1. The first-order valence-electron chi connectivity index (χ1n) is 19.8. The number of aromatic nitrogens is 1. The van der Waals surface area contributed by atoms with E-state index in [4.69, 9.17) is 13.8 Å². The van der Waals surface area contributed by atoms with E-state index in [1.807, 2.05) is 53.8 Å². The number of aliphatic hydroxyl groups excluding tert-OH is 1. The first-order chi connectivity index (χ1) is 25.5. The van der Waals surface area contributed by atoms with Crippen molar-refractivity contribution >= 4 is 38.5 Å². The van der Waals surface area contributed by atoms with E-state index in [-0.39, 0.29) is 47.9 Å². The molecule has 295 valence electrons. The summed E-state index contributed by atoms with van der Waals surface area (Å²) in [6, 6.07) is 24.7. The van der Waals surface area contributed by atoms with Crippen molar-refractivity contribution in [2.24, 2.45) is 16.7 Å². The molecule has 5 nitrogen and oxygen atoms in total. The number of aliphatic hydroxyl groups is 1. The molecule has 3 aromatic heterocycles. The average molecular weight is 919 g/mol. The first kappa shape index (κ1) is 43.7. The third-order valence-corrected chi connectivity index (χ3v) is 11.8. The molecule has 0 aliphatic heterocycles. The first-order valence-corrected chi connectivity index (χ1v) is 19.8. The van der Waals surface area contributed by atoms with Crippen LogP contribution in [0.25, 0.3) is 55.3 Å². The molecule has 0 saturated heterocycles. The fourth-order valence-corrected chi connectivity index (χ4v) is 7.12. The summed E-state index contributed by atoms with van der Waals surface area (Å²) in [6.07, 6.45) is 7.57. The number of allylic oxidation sites excluding steroid dienone is 2. The SMILES string of the molecule is CCC(C)(CC)C(=O)/C=C(\O)C(C)(CC)CC.Cc1oc2c(-c3cc4c(-c5[c-]c6ccccc6c(C(C)(C)C)c5)nccc4o3)cccc2c1CC(C)C.[Ir]. The van der Waals surface area contributed by atoms with E-state index in [0.717, 1.165) is 82.4 Å². The van der Waals surface area contributed by atoms with Crippen molar-refractivity contribution in [1.29, 1.82) is 0 Å². The third kappa shape index (κ3) is 9.03. The number of carbonyl (C=O) groups is 1. The van der Waals surface area contributed by atoms with Crippen molar-refractivity contribution in [3.63, 3.8) is 0 Å². The standard InChI is InChI=1S/C34H32NO2.C15H28O2.Ir/c1-20(2)16-27-21(3)36-33-25(27)12-9-13-26(33)31-19-28-30(37-31)14-15-35-32(28)23-17-22-10-7-8-11-24(22)29(18-23)34(4,5)6;1-7-14(5,8-2)12(16)11-13(17)15(6,9-3)10-4;/h7-15,18-20H,16H2,1-6H3;11,16H,7-10H2,1-6H3;/q-1;;/b;12-11-;. The molecular weight excluding hydrogens is 859 g/mol. The van der Waals surface area contributed by atoms with Gasteiger partial charge in [-0.25, -0.2) is 0 Å². The molecule has 6 aromatic rings. The smallest absolute Gasteiger partial charge is 0.164 e. The zero-order chi connectivity index (χ0) is 39.6. The minimum absolute atomic E-state index is 0. The van der Waals surface area contributed by atoms with E-state index in [2.05, 4.69) is 102 Å². The number of benzene rings is 3. The number of aryl methyl sites for hydroxylation is 1. The Bertz CT molecular complexity index is 2290. The van der Waals surface area contributed by atoms with E-state index in [0.29, 0.717) is 5.92 Å². The molecule has 3 heterocycles. The van der Waals surface area contributed by atoms with Crippen LogP contribution in [0, 0.1) is 29.7 Å². The molecule has 0 aliphatic rings. The van der Waals surface area contributed by atoms with Gasteiger partial charge in [0.25, 0.3) is 0 Å². The summed E-state index contributed by atoms with van der Waals surface area (Å²) < 4.78 is 12.7. The summed E-state index contributed by atoms with van der Waals surface area (Å²) in [5, 5.41) is 14.6. The Labute approximate surface area is 342 Å². The van der Waals surface area contributed by atoms with Crippen LogP contribution in [0.1, 0.15) is 119 Å². The van der Waals surface area contributed by atoms with Gasteiger partial charge in [-0.3, -0.25) is 9.78 Å². The predicted octanol–water partition coefficient (Wildman–Crippen LogP) is 14.3. The van der Waals surface area contributed by atoms with Crippen molar-refractivity contribution in [3.05, 3.63) is 102 Å². The minimum Gasteiger partial charge on any atom is -0.512 e. The Morgan fingerprint density at radius 3 is 2.09 bits per heavy atom. The second-order valence-electron chi connectivity index (χ2n) is 16.9. The van der Waals surface area contributed by atoms with E-state index in [9.17, 15) is 9.90 Å². The molecule has 0 saturated carbocycles. The van der Waals surface area contributed by atoms with Crippen molar-refractivity contribution in [2.75, 3.05) is 0 Å². The van der Waals surface area contributed by atoms with Crippen LogP contribution < -0.4 is 0 Å². The number of pyridine rings is 1. The molecule has 0 atom stereocenters. The Hall–Kier alpha value is -3.99. The molecule has 0 unspecified atom stereocenters. The maximum absolute atomic E-state index is 12.2. The summed E-state index contributed by atoms with van der Waals surface area (Å²) in [4.78, 5) is 17.0. The van der Waals surface area contributed by atoms with Crippen LogP contribution >= 0.6 is 0 Å². The van der Waals surface area contributed by atoms with Crippen LogP contribution in [0.5, 0.6) is 0 Å². The summed E-state index contributed by atoms with van der Waals surface area (Å²) in [5.41, 5.74) is 6.47. The molecule has 1 radical (unpaired) electrons. The number of rotatable bonds is 11. The molecule has 0 fully saturated rings. The quantitative estimate of drug-likeness (QED) is 0.0796. The zero-order valence-electron chi connectivity index (χ0n) is 35.0. The second-order valence-corrected chi connectivity index (χ2v) is 16.9. The Balaban J connectivity index is 0.000000320. The molecule has 0 aliphatic carbocycles. The third-order valence-electron chi connectivity index (χ3n) is 11.8. The minimum atomic E-state index is -0.337. The molecule has 0 amide bonds. The fraction of sp³-hybridized carbons (Fsp3) is 0.429. The normalized spacial score (nSPS) is 12.6. The van der Waals surface area contributed by atoms with Crippen LogP contribution in [-0.2, 0) is 36.7 Å². The van der Waals surface area contributed by atoms with Gasteiger partial charge in [0.05, 0.1) is 5.56 Å². The number of para-hydroxylation sites is 1. The van der Waals surface area contributed by atoms with E-state index in [1.165, 1.54) is 28.0 Å². The van der Waals surface area contributed by atoms with Crippen LogP contribution in [0.2, 0.25) is 0 Å². The van der Waals surface area contributed by atoms with E-state index >= 15 is 0 Å². The van der Waals surface area contributed by atoms with Gasteiger partial charge in [-0.05, 0) is 68.6 Å². The summed E-state index contributed by atoms with van der Waals surface area (Å²) in [7, 11) is 0. The largest absolute Gasteiger partial charge is 0.512 e. The number of hydrogen-bond acceptors (Lipinski definition) is 5. The molecule has 0 bridgehead atoms. The molecule has 55 heavy (non-hydrogen) atoms. The van der Waals surface area contributed by atoms with Gasteiger partial charge in [0.15, 0.2) is 5.78 Å². The Kier molecular flexibility index (Phi) is 13.9. The number of furan rings is 2. The number of nitrogens with zero attached hydrogens (tertiary/aromatic N) is 1. The zero-order valence-corrected chi connectivity index (χ0v) is 37.4. The van der Waals surface area contributed by atoms with Crippen LogP contribution in [0.4, 0.5) is 0 Å². The summed E-state index contributed by atoms with van der Waals surface area (Å²) in [5.74, 6) is 2.61. The summed E-state index contributed by atoms with van der Waals surface area (Å²) >= 11 is 0. The monoisotopic (exact) mass is 919 g/mol. The van der Waals surface area contributed by atoms with E-state index < -0.39 is 0 Å². The maximum Gasteiger partial charge on any atom is 0.164 e. The van der Waals surface area contributed by atoms with Gasteiger partial charge in [0, 0.05) is 65.2 Å². The van der Waals surface area contributed by atoms with Gasteiger partial charge in [-0.1, -0.05) is 117 Å². The van der Waals surface area contributed by atoms with Gasteiger partial charge >= 0.3 is 0 Å². The van der Waals surface area contributed by atoms with Gasteiger partial charge in [0.1, 0.15) is 28.4 Å². The number of fused-ring (bicyclic) bond motifs is 3. The van der Waals surface area contributed by atoms with Crippen LogP contribution in [0.3, 0.4) is 0 Å². The van der Waals surface area contributed by atoms with Gasteiger partial charge < -0.3 is 13.9 Å².